The van der Waals surface area contributed by atoms with E-state index in [0.717, 1.165) is 22.0 Å². The molecule has 0 bridgehead atoms. The molecular weight excluding hydrogens is 288 g/mol. The van der Waals surface area contributed by atoms with Gasteiger partial charge in [0.25, 0.3) is 0 Å². The van der Waals surface area contributed by atoms with E-state index >= 15 is 0 Å². The highest BCUT2D eigenvalue weighted by atomic mass is 35.5. The molecule has 1 atom stereocenters. The molecule has 102 valence electrons. The summed E-state index contributed by atoms with van der Waals surface area (Å²) in [4.78, 5) is 4.73. The Hall–Kier alpha value is -1.42. The monoisotopic (exact) mass is 302 g/mol. The minimum atomic E-state index is 0.230. The Morgan fingerprint density at radius 3 is 2.60 bits per heavy atom. The Labute approximate surface area is 127 Å². The van der Waals surface area contributed by atoms with Gasteiger partial charge in [0, 0.05) is 5.02 Å². The number of hydrogen-bond acceptors (Lipinski definition) is 3. The Bertz CT molecular complexity index is 673. The normalized spacial score (nSPS) is 12.7. The lowest BCUT2D eigenvalue weighted by Gasteiger charge is -2.13. The van der Waals surface area contributed by atoms with Crippen LogP contribution in [0.5, 0.6) is 0 Å². The van der Waals surface area contributed by atoms with Gasteiger partial charge in [0.1, 0.15) is 5.01 Å². The third kappa shape index (κ3) is 2.85. The second-order valence-corrected chi connectivity index (χ2v) is 6.19. The summed E-state index contributed by atoms with van der Waals surface area (Å²) >= 11 is 7.68. The number of likely N-dealkylation sites (N-methyl/N-ethyl adjacent to an activating group) is 1. The summed E-state index contributed by atoms with van der Waals surface area (Å²) in [5.74, 6) is 0. The third-order valence-corrected chi connectivity index (χ3v) is 4.71. The van der Waals surface area contributed by atoms with Crippen LogP contribution in [0.15, 0.2) is 48.5 Å². The van der Waals surface area contributed by atoms with Crippen LogP contribution in [0.4, 0.5) is 0 Å². The number of halogens is 1. The lowest BCUT2D eigenvalue weighted by molar-refractivity contribution is 0.589. The molecule has 0 aliphatic rings. The third-order valence-electron chi connectivity index (χ3n) is 3.31. The molecule has 0 aliphatic carbocycles. The van der Waals surface area contributed by atoms with E-state index in [-0.39, 0.29) is 6.04 Å². The molecule has 0 aliphatic heterocycles. The fourth-order valence-corrected chi connectivity index (χ4v) is 3.41. The Balaban J connectivity index is 1.87. The van der Waals surface area contributed by atoms with Crippen molar-refractivity contribution in [2.75, 3.05) is 7.05 Å². The standard InChI is InChI=1S/C16H15ClN2S/c1-18-14(10-11-6-8-12(17)9-7-11)16-19-13-4-2-3-5-15(13)20-16/h2-9,14,18H,10H2,1H3. The molecule has 1 aromatic heterocycles. The van der Waals surface area contributed by atoms with Gasteiger partial charge in [-0.3, -0.25) is 0 Å². The molecule has 1 heterocycles. The fraction of sp³-hybridized carbons (Fsp3) is 0.188. The van der Waals surface area contributed by atoms with Gasteiger partial charge in [-0.1, -0.05) is 35.9 Å². The number of rotatable bonds is 4. The van der Waals surface area contributed by atoms with Crippen LogP contribution in [-0.4, -0.2) is 12.0 Å². The van der Waals surface area contributed by atoms with E-state index in [1.165, 1.54) is 10.3 Å². The van der Waals surface area contributed by atoms with E-state index in [1.807, 2.05) is 25.2 Å². The Kier molecular flexibility index (Phi) is 4.01. The quantitative estimate of drug-likeness (QED) is 0.770. The molecule has 20 heavy (non-hydrogen) atoms. The number of benzene rings is 2. The van der Waals surface area contributed by atoms with Crippen molar-refractivity contribution < 1.29 is 0 Å². The first-order valence-corrected chi connectivity index (χ1v) is 7.73. The maximum atomic E-state index is 5.93. The van der Waals surface area contributed by atoms with Crippen molar-refractivity contribution in [3.05, 3.63) is 64.1 Å². The highest BCUT2D eigenvalue weighted by Gasteiger charge is 2.15. The molecule has 0 saturated heterocycles. The summed E-state index contributed by atoms with van der Waals surface area (Å²) in [6, 6.07) is 16.5. The second-order valence-electron chi connectivity index (χ2n) is 4.69. The van der Waals surface area contributed by atoms with E-state index in [9.17, 15) is 0 Å². The molecule has 0 amide bonds. The van der Waals surface area contributed by atoms with E-state index < -0.39 is 0 Å². The number of nitrogens with zero attached hydrogens (tertiary/aromatic N) is 1. The predicted molar refractivity (Wildman–Crippen MR) is 86.6 cm³/mol. The van der Waals surface area contributed by atoms with Crippen molar-refractivity contribution in [1.29, 1.82) is 0 Å². The topological polar surface area (TPSA) is 24.9 Å². The molecule has 2 nitrogen and oxygen atoms in total. The van der Waals surface area contributed by atoms with Crippen LogP contribution < -0.4 is 5.32 Å². The van der Waals surface area contributed by atoms with Gasteiger partial charge in [-0.15, -0.1) is 11.3 Å². The summed E-state index contributed by atoms with van der Waals surface area (Å²) < 4.78 is 1.24. The maximum absolute atomic E-state index is 5.93. The van der Waals surface area contributed by atoms with Crippen LogP contribution in [-0.2, 0) is 6.42 Å². The zero-order chi connectivity index (χ0) is 13.9. The summed E-state index contributed by atoms with van der Waals surface area (Å²) in [6.07, 6.45) is 0.910. The molecule has 0 radical (unpaired) electrons. The van der Waals surface area contributed by atoms with E-state index in [2.05, 4.69) is 35.6 Å². The first-order chi connectivity index (χ1) is 9.76. The summed E-state index contributed by atoms with van der Waals surface area (Å²) in [6.45, 7) is 0. The van der Waals surface area contributed by atoms with Crippen LogP contribution in [0.3, 0.4) is 0 Å². The largest absolute Gasteiger partial charge is 0.311 e. The summed E-state index contributed by atoms with van der Waals surface area (Å²) in [5, 5.41) is 5.26. The molecule has 0 saturated carbocycles. The smallest absolute Gasteiger partial charge is 0.111 e. The zero-order valence-corrected chi connectivity index (χ0v) is 12.7. The van der Waals surface area contributed by atoms with Crippen LogP contribution in [0.2, 0.25) is 5.02 Å². The molecule has 4 heteroatoms. The van der Waals surface area contributed by atoms with Gasteiger partial charge >= 0.3 is 0 Å². The van der Waals surface area contributed by atoms with Crippen molar-refractivity contribution in [2.45, 2.75) is 12.5 Å². The second kappa shape index (κ2) is 5.92. The Morgan fingerprint density at radius 1 is 1.15 bits per heavy atom. The van der Waals surface area contributed by atoms with Gasteiger partial charge in [-0.25, -0.2) is 4.98 Å². The van der Waals surface area contributed by atoms with Crippen molar-refractivity contribution in [1.82, 2.24) is 10.3 Å². The van der Waals surface area contributed by atoms with Crippen molar-refractivity contribution in [2.24, 2.45) is 0 Å². The molecule has 2 aromatic carbocycles. The van der Waals surface area contributed by atoms with Crippen molar-refractivity contribution in [3.8, 4) is 0 Å². The minimum absolute atomic E-state index is 0.230. The average molecular weight is 303 g/mol. The number of nitrogens with one attached hydrogen (secondary N) is 1. The van der Waals surface area contributed by atoms with E-state index in [0.29, 0.717) is 0 Å². The number of fused-ring (bicyclic) bond motifs is 1. The fourth-order valence-electron chi connectivity index (χ4n) is 2.21. The SMILES string of the molecule is CNC(Cc1ccc(Cl)cc1)c1nc2ccccc2s1. The van der Waals surface area contributed by atoms with E-state index in [4.69, 9.17) is 16.6 Å². The predicted octanol–water partition coefficient (Wildman–Crippen LogP) is 4.45. The van der Waals surface area contributed by atoms with E-state index in [1.54, 1.807) is 11.3 Å². The van der Waals surface area contributed by atoms with Gasteiger partial charge in [0.15, 0.2) is 0 Å². The highest BCUT2D eigenvalue weighted by molar-refractivity contribution is 7.18. The van der Waals surface area contributed by atoms with Crippen LogP contribution >= 0.6 is 22.9 Å². The van der Waals surface area contributed by atoms with Gasteiger partial charge in [-0.2, -0.15) is 0 Å². The Morgan fingerprint density at radius 2 is 1.90 bits per heavy atom. The highest BCUT2D eigenvalue weighted by Crippen LogP contribution is 2.28. The van der Waals surface area contributed by atoms with Crippen LogP contribution in [0, 0.1) is 0 Å². The first kappa shape index (κ1) is 13.6. The average Bonchev–Trinajstić information content (AvgIpc) is 2.90. The number of aromatic nitrogens is 1. The van der Waals surface area contributed by atoms with Gasteiger partial charge in [0.2, 0.25) is 0 Å². The lowest BCUT2D eigenvalue weighted by atomic mass is 10.1. The molecular formula is C16H15ClN2S. The number of para-hydroxylation sites is 1. The molecule has 0 spiro atoms. The molecule has 3 aromatic rings. The van der Waals surface area contributed by atoms with Crippen molar-refractivity contribution in [3.63, 3.8) is 0 Å². The number of thiazole rings is 1. The summed E-state index contributed by atoms with van der Waals surface area (Å²) in [5.41, 5.74) is 2.33. The lowest BCUT2D eigenvalue weighted by Crippen LogP contribution is -2.18. The first-order valence-electron chi connectivity index (χ1n) is 6.53. The number of hydrogen-bond donors (Lipinski definition) is 1. The molecule has 0 fully saturated rings. The zero-order valence-electron chi connectivity index (χ0n) is 11.1. The molecule has 1 unspecified atom stereocenters. The van der Waals surface area contributed by atoms with Crippen LogP contribution in [0.1, 0.15) is 16.6 Å². The van der Waals surface area contributed by atoms with Crippen LogP contribution in [0.25, 0.3) is 10.2 Å². The van der Waals surface area contributed by atoms with Gasteiger partial charge in [0.05, 0.1) is 16.3 Å². The maximum Gasteiger partial charge on any atom is 0.111 e. The molecule has 3 rings (SSSR count). The van der Waals surface area contributed by atoms with Gasteiger partial charge in [-0.05, 0) is 43.3 Å². The minimum Gasteiger partial charge on any atom is -0.311 e. The van der Waals surface area contributed by atoms with Gasteiger partial charge < -0.3 is 5.32 Å². The molecule has 1 N–H and O–H groups in total. The summed E-state index contributed by atoms with van der Waals surface area (Å²) in [7, 11) is 1.98. The van der Waals surface area contributed by atoms with Crippen molar-refractivity contribution >= 4 is 33.2 Å².